The lowest BCUT2D eigenvalue weighted by atomic mass is 10.0. The first kappa shape index (κ1) is 23.4. The Morgan fingerprint density at radius 3 is 2.10 bits per heavy atom. The summed E-state index contributed by atoms with van der Waals surface area (Å²) < 4.78 is 18.5. The van der Waals surface area contributed by atoms with E-state index in [2.05, 4.69) is 5.32 Å². The normalized spacial score (nSPS) is 12.2. The molecule has 2 amide bonds. The van der Waals surface area contributed by atoms with Crippen LogP contribution in [0.25, 0.3) is 0 Å². The third-order valence-corrected chi connectivity index (χ3v) is 4.66. The molecule has 1 N–H and O–H groups in total. The molecule has 2 rings (SSSR count). The molecular formula is C24H31FN2O3. The number of nitrogens with one attached hydrogen (secondary N) is 1. The Hall–Kier alpha value is -2.89. The lowest BCUT2D eigenvalue weighted by molar-refractivity contribution is -0.141. The Bertz CT molecular complexity index is 842. The van der Waals surface area contributed by atoms with Crippen molar-refractivity contribution in [2.75, 3.05) is 7.11 Å². The van der Waals surface area contributed by atoms with Crippen molar-refractivity contribution in [3.05, 3.63) is 65.5 Å². The maximum atomic E-state index is 13.3. The summed E-state index contributed by atoms with van der Waals surface area (Å²) in [6, 6.07) is 12.6. The van der Waals surface area contributed by atoms with E-state index in [1.165, 1.54) is 12.1 Å². The van der Waals surface area contributed by atoms with Gasteiger partial charge in [0.1, 0.15) is 17.6 Å². The summed E-state index contributed by atoms with van der Waals surface area (Å²) in [5.74, 6) is 0.00771. The molecule has 0 bridgehead atoms. The molecule has 0 saturated heterocycles. The first-order valence-electron chi connectivity index (χ1n) is 10.1. The number of rotatable bonds is 8. The Labute approximate surface area is 178 Å². The summed E-state index contributed by atoms with van der Waals surface area (Å²) in [6.45, 7) is 7.82. The fourth-order valence-corrected chi connectivity index (χ4v) is 3.18. The quantitative estimate of drug-likeness (QED) is 0.708. The summed E-state index contributed by atoms with van der Waals surface area (Å²) in [5, 5.41) is 2.97. The molecule has 0 unspecified atom stereocenters. The van der Waals surface area contributed by atoms with Gasteiger partial charge in [-0.25, -0.2) is 4.39 Å². The van der Waals surface area contributed by atoms with Crippen LogP contribution in [0.2, 0.25) is 0 Å². The summed E-state index contributed by atoms with van der Waals surface area (Å²) in [5.41, 5.74) is 1.18. The third-order valence-electron chi connectivity index (χ3n) is 4.66. The van der Waals surface area contributed by atoms with E-state index in [9.17, 15) is 14.0 Å². The van der Waals surface area contributed by atoms with Crippen LogP contribution in [0.4, 0.5) is 4.39 Å². The Morgan fingerprint density at radius 1 is 1.03 bits per heavy atom. The largest absolute Gasteiger partial charge is 0.497 e. The zero-order valence-electron chi connectivity index (χ0n) is 18.4. The average Bonchev–Trinajstić information content (AvgIpc) is 2.68. The highest BCUT2D eigenvalue weighted by Crippen LogP contribution is 2.17. The molecule has 0 heterocycles. The predicted molar refractivity (Wildman–Crippen MR) is 116 cm³/mol. The Kier molecular flexibility index (Phi) is 7.98. The number of hydrogen-bond acceptors (Lipinski definition) is 3. The highest BCUT2D eigenvalue weighted by atomic mass is 19.1. The van der Waals surface area contributed by atoms with Crippen molar-refractivity contribution < 1.29 is 18.7 Å². The van der Waals surface area contributed by atoms with Gasteiger partial charge in [-0.3, -0.25) is 9.59 Å². The molecule has 0 aliphatic rings. The molecule has 0 spiro atoms. The zero-order valence-corrected chi connectivity index (χ0v) is 18.4. The topological polar surface area (TPSA) is 58.6 Å². The van der Waals surface area contributed by atoms with Gasteiger partial charge in [0.2, 0.25) is 11.8 Å². The van der Waals surface area contributed by atoms with E-state index >= 15 is 0 Å². The Balaban J connectivity index is 2.28. The van der Waals surface area contributed by atoms with Crippen molar-refractivity contribution in [3.63, 3.8) is 0 Å². The summed E-state index contributed by atoms with van der Waals surface area (Å²) in [4.78, 5) is 27.8. The van der Waals surface area contributed by atoms with Crippen LogP contribution in [-0.4, -0.2) is 35.4 Å². The predicted octanol–water partition coefficient (Wildman–Crippen LogP) is 4.10. The highest BCUT2D eigenvalue weighted by molar-refractivity contribution is 5.88. The van der Waals surface area contributed by atoms with Crippen LogP contribution in [0, 0.1) is 5.82 Å². The number of methoxy groups -OCH3 is 1. The molecule has 0 aromatic heterocycles. The minimum Gasteiger partial charge on any atom is -0.497 e. The maximum absolute atomic E-state index is 13.3. The Morgan fingerprint density at radius 2 is 1.60 bits per heavy atom. The number of amides is 2. The minimum atomic E-state index is -0.625. The number of ether oxygens (including phenoxy) is 1. The van der Waals surface area contributed by atoms with Gasteiger partial charge in [0.25, 0.3) is 0 Å². The van der Waals surface area contributed by atoms with Gasteiger partial charge in [-0.05, 0) is 62.6 Å². The number of nitrogens with zero attached hydrogens (tertiary/aromatic N) is 1. The van der Waals surface area contributed by atoms with Gasteiger partial charge in [-0.2, -0.15) is 0 Å². The van der Waals surface area contributed by atoms with E-state index in [1.54, 1.807) is 36.3 Å². The molecule has 1 atom stereocenters. The second-order valence-corrected chi connectivity index (χ2v) is 8.34. The zero-order chi connectivity index (χ0) is 22.3. The van der Waals surface area contributed by atoms with Crippen LogP contribution < -0.4 is 10.1 Å². The second-order valence-electron chi connectivity index (χ2n) is 8.34. The third kappa shape index (κ3) is 6.87. The van der Waals surface area contributed by atoms with Crippen molar-refractivity contribution in [1.29, 1.82) is 0 Å². The van der Waals surface area contributed by atoms with Crippen molar-refractivity contribution in [3.8, 4) is 5.75 Å². The standard InChI is InChI=1S/C24H31FN2O3/c1-6-21(23(29)26-24(2,3)4)27(16-18-7-11-19(25)12-8-18)22(28)15-17-9-13-20(30-5)14-10-17/h7-14,21H,6,15-16H2,1-5H3,(H,26,29)/t21-/m1/s1. The highest BCUT2D eigenvalue weighted by Gasteiger charge is 2.30. The molecule has 162 valence electrons. The summed E-state index contributed by atoms with van der Waals surface area (Å²) in [6.07, 6.45) is 0.627. The fraction of sp³-hybridized carbons (Fsp3) is 0.417. The smallest absolute Gasteiger partial charge is 0.243 e. The van der Waals surface area contributed by atoms with Gasteiger partial charge < -0.3 is 15.0 Å². The molecule has 0 radical (unpaired) electrons. The molecule has 0 fully saturated rings. The van der Waals surface area contributed by atoms with Gasteiger partial charge in [0.05, 0.1) is 13.5 Å². The van der Waals surface area contributed by atoms with Crippen LogP contribution >= 0.6 is 0 Å². The molecule has 2 aromatic rings. The van der Waals surface area contributed by atoms with Crippen molar-refractivity contribution in [2.45, 2.75) is 58.7 Å². The summed E-state index contributed by atoms with van der Waals surface area (Å²) in [7, 11) is 1.59. The molecule has 0 aliphatic carbocycles. The number of hydrogen-bond donors (Lipinski definition) is 1. The van der Waals surface area contributed by atoms with E-state index in [1.807, 2.05) is 39.8 Å². The molecule has 30 heavy (non-hydrogen) atoms. The van der Waals surface area contributed by atoms with Gasteiger partial charge in [0.15, 0.2) is 0 Å². The van der Waals surface area contributed by atoms with Crippen LogP contribution in [0.1, 0.15) is 45.2 Å². The molecule has 5 nitrogen and oxygen atoms in total. The first-order valence-corrected chi connectivity index (χ1v) is 10.1. The SMILES string of the molecule is CC[C@H](C(=O)NC(C)(C)C)N(Cc1ccc(F)cc1)C(=O)Cc1ccc(OC)cc1. The molecule has 0 aliphatic heterocycles. The van der Waals surface area contributed by atoms with Gasteiger partial charge in [-0.15, -0.1) is 0 Å². The molecular weight excluding hydrogens is 383 g/mol. The van der Waals surface area contributed by atoms with E-state index in [-0.39, 0.29) is 30.6 Å². The molecule has 2 aromatic carbocycles. The molecule has 6 heteroatoms. The fourth-order valence-electron chi connectivity index (χ4n) is 3.18. The van der Waals surface area contributed by atoms with E-state index in [0.29, 0.717) is 12.2 Å². The van der Waals surface area contributed by atoms with Crippen LogP contribution in [0.15, 0.2) is 48.5 Å². The van der Waals surface area contributed by atoms with Crippen LogP contribution in [0.5, 0.6) is 5.75 Å². The van der Waals surface area contributed by atoms with Crippen molar-refractivity contribution in [1.82, 2.24) is 10.2 Å². The van der Waals surface area contributed by atoms with E-state index in [4.69, 9.17) is 4.74 Å². The monoisotopic (exact) mass is 414 g/mol. The molecule has 0 saturated carbocycles. The number of carbonyl (C=O) groups excluding carboxylic acids is 2. The van der Waals surface area contributed by atoms with E-state index in [0.717, 1.165) is 11.1 Å². The number of carbonyl (C=O) groups is 2. The van der Waals surface area contributed by atoms with Crippen LogP contribution in [-0.2, 0) is 22.6 Å². The lowest BCUT2D eigenvalue weighted by Gasteiger charge is -2.33. The second kappa shape index (κ2) is 10.2. The van der Waals surface area contributed by atoms with E-state index < -0.39 is 11.6 Å². The van der Waals surface area contributed by atoms with Gasteiger partial charge in [0, 0.05) is 12.1 Å². The minimum absolute atomic E-state index is 0.157. The van der Waals surface area contributed by atoms with Crippen LogP contribution in [0.3, 0.4) is 0 Å². The average molecular weight is 415 g/mol. The van der Waals surface area contributed by atoms with Crippen molar-refractivity contribution in [2.24, 2.45) is 0 Å². The summed E-state index contributed by atoms with van der Waals surface area (Å²) >= 11 is 0. The van der Waals surface area contributed by atoms with Gasteiger partial charge >= 0.3 is 0 Å². The lowest BCUT2D eigenvalue weighted by Crippen LogP contribution is -2.53. The van der Waals surface area contributed by atoms with Gasteiger partial charge in [-0.1, -0.05) is 31.2 Å². The van der Waals surface area contributed by atoms with Crippen molar-refractivity contribution >= 4 is 11.8 Å². The number of halogens is 1. The maximum Gasteiger partial charge on any atom is 0.243 e. The first-order chi connectivity index (χ1) is 14.1. The number of benzene rings is 2.